The van der Waals surface area contributed by atoms with E-state index in [-0.39, 0.29) is 10.7 Å². The molecule has 104 valence electrons. The Kier molecular flexibility index (Phi) is 3.95. The Bertz CT molecular complexity index is 748. The van der Waals surface area contributed by atoms with Crippen molar-refractivity contribution in [3.63, 3.8) is 0 Å². The Morgan fingerprint density at radius 2 is 2.00 bits per heavy atom. The van der Waals surface area contributed by atoms with Gasteiger partial charge in [-0.2, -0.15) is 0 Å². The second kappa shape index (κ2) is 5.51. The van der Waals surface area contributed by atoms with Gasteiger partial charge in [-0.25, -0.2) is 13.4 Å². The van der Waals surface area contributed by atoms with Crippen molar-refractivity contribution < 1.29 is 13.3 Å². The SMILES string of the molecule is O=[N+]([O-])c1ccc(S(=O)(=O)Nc2ncccc2Br)cn1. The fraction of sp³-hybridized carbons (Fsp3) is 0. The van der Waals surface area contributed by atoms with Crippen molar-refractivity contribution in [2.75, 3.05) is 4.72 Å². The maximum atomic E-state index is 12.1. The number of pyridine rings is 2. The Morgan fingerprint density at radius 3 is 2.55 bits per heavy atom. The van der Waals surface area contributed by atoms with E-state index >= 15 is 0 Å². The maximum Gasteiger partial charge on any atom is 0.363 e. The number of nitro groups is 1. The van der Waals surface area contributed by atoms with E-state index in [1.54, 1.807) is 12.1 Å². The van der Waals surface area contributed by atoms with E-state index < -0.39 is 20.8 Å². The number of anilines is 1. The third-order valence-electron chi connectivity index (χ3n) is 2.21. The van der Waals surface area contributed by atoms with E-state index in [1.165, 1.54) is 6.20 Å². The first kappa shape index (κ1) is 14.3. The highest BCUT2D eigenvalue weighted by Gasteiger charge is 2.19. The average molecular weight is 359 g/mol. The number of aromatic nitrogens is 2. The Hall–Kier alpha value is -2.07. The molecule has 0 unspecified atom stereocenters. The summed E-state index contributed by atoms with van der Waals surface area (Å²) in [5, 5.41) is 10.5. The standard InChI is InChI=1S/C10H7BrN4O4S/c11-8-2-1-5-12-10(8)14-20(18,19)7-3-4-9(13-6-7)15(16)17/h1-6H,(H,12,14). The monoisotopic (exact) mass is 358 g/mol. The molecule has 2 aromatic rings. The van der Waals surface area contributed by atoms with Crippen molar-refractivity contribution in [1.82, 2.24) is 9.97 Å². The zero-order valence-electron chi connectivity index (χ0n) is 9.72. The zero-order chi connectivity index (χ0) is 14.8. The fourth-order valence-corrected chi connectivity index (χ4v) is 2.75. The van der Waals surface area contributed by atoms with Gasteiger partial charge < -0.3 is 10.1 Å². The Labute approximate surface area is 122 Å². The van der Waals surface area contributed by atoms with Crippen LogP contribution in [0.25, 0.3) is 0 Å². The summed E-state index contributed by atoms with van der Waals surface area (Å²) in [4.78, 5) is 16.9. The van der Waals surface area contributed by atoms with Crippen LogP contribution < -0.4 is 4.72 Å². The van der Waals surface area contributed by atoms with Crippen LogP contribution in [0, 0.1) is 10.1 Å². The number of hydrogen-bond donors (Lipinski definition) is 1. The lowest BCUT2D eigenvalue weighted by Gasteiger charge is -2.07. The molecule has 0 fully saturated rings. The van der Waals surface area contributed by atoms with Gasteiger partial charge in [-0.3, -0.25) is 4.72 Å². The van der Waals surface area contributed by atoms with E-state index in [1.807, 2.05) is 0 Å². The molecule has 0 aliphatic heterocycles. The molecule has 0 saturated heterocycles. The number of nitrogens with one attached hydrogen (secondary N) is 1. The van der Waals surface area contributed by atoms with Gasteiger partial charge in [-0.05, 0) is 44.0 Å². The predicted molar refractivity (Wildman–Crippen MR) is 73.6 cm³/mol. The highest BCUT2D eigenvalue weighted by atomic mass is 79.9. The number of rotatable bonds is 4. The van der Waals surface area contributed by atoms with Crippen molar-refractivity contribution >= 4 is 37.6 Å². The molecule has 0 saturated carbocycles. The van der Waals surface area contributed by atoms with Crippen LogP contribution in [0.15, 0.2) is 46.0 Å². The van der Waals surface area contributed by atoms with Crippen LogP contribution in [0.1, 0.15) is 0 Å². The normalized spacial score (nSPS) is 11.1. The molecule has 0 aromatic carbocycles. The Balaban J connectivity index is 2.31. The molecule has 2 heterocycles. The van der Waals surface area contributed by atoms with Crippen molar-refractivity contribution in [2.24, 2.45) is 0 Å². The minimum Gasteiger partial charge on any atom is -0.358 e. The summed E-state index contributed by atoms with van der Waals surface area (Å²) in [6, 6.07) is 5.38. The smallest absolute Gasteiger partial charge is 0.358 e. The molecule has 2 rings (SSSR count). The lowest BCUT2D eigenvalue weighted by molar-refractivity contribution is -0.389. The first-order valence-electron chi connectivity index (χ1n) is 5.14. The summed E-state index contributed by atoms with van der Waals surface area (Å²) in [7, 11) is -3.91. The largest absolute Gasteiger partial charge is 0.363 e. The van der Waals surface area contributed by atoms with Gasteiger partial charge in [0.05, 0.1) is 4.47 Å². The zero-order valence-corrected chi connectivity index (χ0v) is 12.1. The van der Waals surface area contributed by atoms with Crippen molar-refractivity contribution in [3.05, 3.63) is 51.2 Å². The van der Waals surface area contributed by atoms with Gasteiger partial charge in [-0.1, -0.05) is 0 Å². The van der Waals surface area contributed by atoms with E-state index in [9.17, 15) is 18.5 Å². The third-order valence-corrected chi connectivity index (χ3v) is 4.17. The van der Waals surface area contributed by atoms with E-state index in [4.69, 9.17) is 0 Å². The summed E-state index contributed by atoms with van der Waals surface area (Å²) >= 11 is 3.16. The predicted octanol–water partition coefficient (Wildman–Crippen LogP) is 1.95. The van der Waals surface area contributed by atoms with Gasteiger partial charge in [0, 0.05) is 12.3 Å². The number of sulfonamides is 1. The first-order valence-corrected chi connectivity index (χ1v) is 7.41. The summed E-state index contributed by atoms with van der Waals surface area (Å²) in [6.07, 6.45) is 2.34. The second-order valence-corrected chi connectivity index (χ2v) is 6.09. The average Bonchev–Trinajstić information content (AvgIpc) is 2.41. The van der Waals surface area contributed by atoms with Crippen molar-refractivity contribution in [2.45, 2.75) is 4.90 Å². The fourth-order valence-electron chi connectivity index (χ4n) is 1.29. The van der Waals surface area contributed by atoms with E-state index in [0.717, 1.165) is 18.3 Å². The topological polar surface area (TPSA) is 115 Å². The molecule has 2 aromatic heterocycles. The Morgan fingerprint density at radius 1 is 1.25 bits per heavy atom. The van der Waals surface area contributed by atoms with Gasteiger partial charge in [-0.15, -0.1) is 0 Å². The highest BCUT2D eigenvalue weighted by molar-refractivity contribution is 9.10. The van der Waals surface area contributed by atoms with Gasteiger partial charge in [0.1, 0.15) is 4.90 Å². The molecule has 0 amide bonds. The molecule has 0 aliphatic carbocycles. The summed E-state index contributed by atoms with van der Waals surface area (Å²) in [5.41, 5.74) is 0. The minimum absolute atomic E-state index is 0.117. The molecule has 0 aliphatic rings. The minimum atomic E-state index is -3.91. The number of nitrogens with zero attached hydrogens (tertiary/aromatic N) is 3. The van der Waals surface area contributed by atoms with Gasteiger partial charge in [0.2, 0.25) is 0 Å². The van der Waals surface area contributed by atoms with Gasteiger partial charge in [0.15, 0.2) is 12.0 Å². The van der Waals surface area contributed by atoms with E-state index in [0.29, 0.717) is 4.47 Å². The molecule has 0 spiro atoms. The molecule has 20 heavy (non-hydrogen) atoms. The van der Waals surface area contributed by atoms with Gasteiger partial charge in [0.25, 0.3) is 10.0 Å². The highest BCUT2D eigenvalue weighted by Crippen LogP contribution is 2.22. The second-order valence-electron chi connectivity index (χ2n) is 3.55. The molecule has 0 atom stereocenters. The number of halogens is 1. The first-order chi connectivity index (χ1) is 9.40. The molecular formula is C10H7BrN4O4S. The lowest BCUT2D eigenvalue weighted by atomic mass is 10.5. The van der Waals surface area contributed by atoms with Crippen LogP contribution in [-0.2, 0) is 10.0 Å². The van der Waals surface area contributed by atoms with Crippen molar-refractivity contribution in [3.8, 4) is 0 Å². The van der Waals surface area contributed by atoms with Crippen LogP contribution >= 0.6 is 15.9 Å². The summed E-state index contributed by atoms with van der Waals surface area (Å²) in [5.74, 6) is -0.311. The van der Waals surface area contributed by atoms with Crippen LogP contribution in [-0.4, -0.2) is 23.3 Å². The molecule has 0 radical (unpaired) electrons. The maximum absolute atomic E-state index is 12.1. The summed E-state index contributed by atoms with van der Waals surface area (Å²) in [6.45, 7) is 0. The molecule has 0 bridgehead atoms. The summed E-state index contributed by atoms with van der Waals surface area (Å²) < 4.78 is 26.8. The van der Waals surface area contributed by atoms with Gasteiger partial charge >= 0.3 is 5.82 Å². The van der Waals surface area contributed by atoms with Crippen LogP contribution in [0.4, 0.5) is 11.6 Å². The van der Waals surface area contributed by atoms with Crippen LogP contribution in [0.2, 0.25) is 0 Å². The number of hydrogen-bond acceptors (Lipinski definition) is 6. The molecule has 8 nitrogen and oxygen atoms in total. The lowest BCUT2D eigenvalue weighted by Crippen LogP contribution is -2.14. The quantitative estimate of drug-likeness (QED) is 0.659. The molecule has 1 N–H and O–H groups in total. The van der Waals surface area contributed by atoms with E-state index in [2.05, 4.69) is 30.6 Å². The van der Waals surface area contributed by atoms with Crippen molar-refractivity contribution in [1.29, 1.82) is 0 Å². The van der Waals surface area contributed by atoms with Crippen LogP contribution in [0.3, 0.4) is 0 Å². The van der Waals surface area contributed by atoms with Crippen LogP contribution in [0.5, 0.6) is 0 Å². The third kappa shape index (κ3) is 3.08. The molecule has 10 heteroatoms. The molecular weight excluding hydrogens is 352 g/mol.